The van der Waals surface area contributed by atoms with Crippen LogP contribution in [-0.2, 0) is 0 Å². The molecule has 0 bridgehead atoms. The van der Waals surface area contributed by atoms with Gasteiger partial charge in [0.2, 0.25) is 0 Å². The lowest BCUT2D eigenvalue weighted by Crippen LogP contribution is -2.16. The van der Waals surface area contributed by atoms with Crippen LogP contribution in [-0.4, -0.2) is 16.5 Å². The number of nitrogens with zero attached hydrogens (tertiary/aromatic N) is 2. The van der Waals surface area contributed by atoms with Crippen molar-refractivity contribution in [2.75, 3.05) is 17.3 Å². The molecule has 1 aromatic heterocycles. The summed E-state index contributed by atoms with van der Waals surface area (Å²) in [4.78, 5) is 8.25. The maximum atomic E-state index is 5.38. The van der Waals surface area contributed by atoms with Crippen LogP contribution in [0.15, 0.2) is 10.8 Å². The fraction of sp³-hybridized carbons (Fsp3) is 0.692. The average molecular weight is 328 g/mol. The predicted octanol–water partition coefficient (Wildman–Crippen LogP) is 3.15. The van der Waals surface area contributed by atoms with E-state index in [1.165, 1.54) is 38.4 Å². The Morgan fingerprint density at radius 1 is 1.26 bits per heavy atom. The minimum absolute atomic E-state index is 0.601. The molecule has 19 heavy (non-hydrogen) atoms. The molecule has 4 N–H and O–H groups in total. The molecule has 1 saturated carbocycles. The number of anilines is 2. The molecule has 0 aromatic carbocycles. The van der Waals surface area contributed by atoms with Crippen molar-refractivity contribution in [1.82, 2.24) is 9.97 Å². The highest BCUT2D eigenvalue weighted by Gasteiger charge is 2.17. The van der Waals surface area contributed by atoms with Gasteiger partial charge < -0.3 is 10.7 Å². The monoisotopic (exact) mass is 327 g/mol. The third-order valence-corrected chi connectivity index (χ3v) is 4.66. The molecule has 2 rings (SSSR count). The van der Waals surface area contributed by atoms with Gasteiger partial charge in [-0.25, -0.2) is 15.8 Å². The molecule has 0 amide bonds. The first-order valence-corrected chi connectivity index (χ1v) is 7.71. The molecule has 0 radical (unpaired) electrons. The lowest BCUT2D eigenvalue weighted by atomic mass is 9.81. The summed E-state index contributed by atoms with van der Waals surface area (Å²) in [7, 11) is 0. The van der Waals surface area contributed by atoms with Crippen molar-refractivity contribution in [2.24, 2.45) is 17.7 Å². The largest absolute Gasteiger partial charge is 0.369 e. The van der Waals surface area contributed by atoms with Crippen LogP contribution < -0.4 is 16.6 Å². The smallest absolute Gasteiger partial charge is 0.159 e. The van der Waals surface area contributed by atoms with Gasteiger partial charge in [-0.1, -0.05) is 32.6 Å². The highest BCUT2D eigenvalue weighted by Crippen LogP contribution is 2.31. The highest BCUT2D eigenvalue weighted by atomic mass is 79.9. The number of nitrogen functional groups attached to an aromatic ring is 1. The third kappa shape index (κ3) is 4.04. The van der Waals surface area contributed by atoms with Crippen LogP contribution in [0.4, 0.5) is 11.6 Å². The van der Waals surface area contributed by atoms with Crippen LogP contribution in [0.1, 0.15) is 39.0 Å². The van der Waals surface area contributed by atoms with E-state index in [9.17, 15) is 0 Å². The first-order valence-electron chi connectivity index (χ1n) is 6.91. The lowest BCUT2D eigenvalue weighted by molar-refractivity contribution is 0.282. The van der Waals surface area contributed by atoms with E-state index in [0.29, 0.717) is 5.82 Å². The van der Waals surface area contributed by atoms with Crippen LogP contribution in [0.25, 0.3) is 0 Å². The molecule has 106 valence electrons. The highest BCUT2D eigenvalue weighted by molar-refractivity contribution is 9.10. The Morgan fingerprint density at radius 2 is 1.95 bits per heavy atom. The lowest BCUT2D eigenvalue weighted by Gasteiger charge is -2.26. The summed E-state index contributed by atoms with van der Waals surface area (Å²) in [5, 5.41) is 3.35. The van der Waals surface area contributed by atoms with Crippen molar-refractivity contribution < 1.29 is 0 Å². The zero-order chi connectivity index (χ0) is 13.7. The fourth-order valence-electron chi connectivity index (χ4n) is 2.61. The van der Waals surface area contributed by atoms with Gasteiger partial charge in [0.15, 0.2) is 5.82 Å². The SMILES string of the molecule is CC1CCC(CCNc2ncnc(NN)c2Br)CC1. The van der Waals surface area contributed by atoms with Gasteiger partial charge in [-0.15, -0.1) is 0 Å². The molecular weight excluding hydrogens is 306 g/mol. The second kappa shape index (κ2) is 7.05. The predicted molar refractivity (Wildman–Crippen MR) is 81.8 cm³/mol. The normalized spacial score (nSPS) is 23.1. The number of nitrogens with two attached hydrogens (primary N) is 1. The van der Waals surface area contributed by atoms with Crippen LogP contribution in [0, 0.1) is 11.8 Å². The molecule has 0 aliphatic heterocycles. The van der Waals surface area contributed by atoms with Crippen molar-refractivity contribution in [3.8, 4) is 0 Å². The number of hydrogen-bond acceptors (Lipinski definition) is 5. The molecule has 6 heteroatoms. The van der Waals surface area contributed by atoms with Gasteiger partial charge in [-0.2, -0.15) is 0 Å². The molecule has 1 aliphatic rings. The molecule has 0 saturated heterocycles. The Hall–Kier alpha value is -0.880. The quantitative estimate of drug-likeness (QED) is 0.572. The summed E-state index contributed by atoms with van der Waals surface area (Å²) in [6.45, 7) is 3.30. The minimum atomic E-state index is 0.601. The molecular formula is C13H22BrN5. The average Bonchev–Trinajstić information content (AvgIpc) is 2.43. The van der Waals surface area contributed by atoms with E-state index in [-0.39, 0.29) is 0 Å². The van der Waals surface area contributed by atoms with Gasteiger partial charge in [0.25, 0.3) is 0 Å². The van der Waals surface area contributed by atoms with E-state index in [1.807, 2.05) is 0 Å². The maximum Gasteiger partial charge on any atom is 0.159 e. The number of hydrazine groups is 1. The van der Waals surface area contributed by atoms with Gasteiger partial charge in [0.05, 0.1) is 0 Å². The zero-order valence-corrected chi connectivity index (χ0v) is 12.9. The zero-order valence-electron chi connectivity index (χ0n) is 11.3. The van der Waals surface area contributed by atoms with Crippen LogP contribution in [0.5, 0.6) is 0 Å². The number of hydrogen-bond donors (Lipinski definition) is 3. The molecule has 0 atom stereocenters. The number of aromatic nitrogens is 2. The van der Waals surface area contributed by atoms with E-state index in [0.717, 1.165) is 28.7 Å². The summed E-state index contributed by atoms with van der Waals surface area (Å²) in [5.74, 6) is 8.55. The fourth-order valence-corrected chi connectivity index (χ4v) is 3.07. The molecule has 5 nitrogen and oxygen atoms in total. The Bertz CT molecular complexity index is 404. The minimum Gasteiger partial charge on any atom is -0.369 e. The molecule has 1 aliphatic carbocycles. The van der Waals surface area contributed by atoms with E-state index in [4.69, 9.17) is 5.84 Å². The van der Waals surface area contributed by atoms with Crippen molar-refractivity contribution in [3.63, 3.8) is 0 Å². The van der Waals surface area contributed by atoms with Gasteiger partial charge >= 0.3 is 0 Å². The van der Waals surface area contributed by atoms with Gasteiger partial charge in [0.1, 0.15) is 16.6 Å². The van der Waals surface area contributed by atoms with Crippen LogP contribution in [0.3, 0.4) is 0 Å². The van der Waals surface area contributed by atoms with Crippen molar-refractivity contribution >= 4 is 27.6 Å². The molecule has 0 spiro atoms. The standard InChI is InChI=1S/C13H22BrN5/c1-9-2-4-10(5-3-9)6-7-16-12-11(14)13(19-15)18-8-17-12/h8-10H,2-7,15H2,1H3,(H2,16,17,18,19). The summed E-state index contributed by atoms with van der Waals surface area (Å²) < 4.78 is 0.787. The second-order valence-electron chi connectivity index (χ2n) is 5.37. The Kier molecular flexibility index (Phi) is 5.39. The first-order chi connectivity index (χ1) is 9.20. The number of halogens is 1. The third-order valence-electron chi connectivity index (χ3n) is 3.91. The van der Waals surface area contributed by atoms with Gasteiger partial charge in [0, 0.05) is 6.54 Å². The summed E-state index contributed by atoms with van der Waals surface area (Å²) in [5.41, 5.74) is 2.54. The molecule has 1 fully saturated rings. The van der Waals surface area contributed by atoms with Gasteiger partial charge in [-0.05, 0) is 34.2 Å². The van der Waals surface area contributed by atoms with Gasteiger partial charge in [-0.3, -0.25) is 0 Å². The maximum absolute atomic E-state index is 5.38. The molecule has 1 heterocycles. The Morgan fingerprint density at radius 3 is 2.63 bits per heavy atom. The van der Waals surface area contributed by atoms with Crippen molar-refractivity contribution in [1.29, 1.82) is 0 Å². The summed E-state index contributed by atoms with van der Waals surface area (Å²) >= 11 is 3.45. The Balaban J connectivity index is 1.79. The summed E-state index contributed by atoms with van der Waals surface area (Å²) in [6.07, 6.45) is 8.19. The van der Waals surface area contributed by atoms with E-state index in [1.54, 1.807) is 0 Å². The van der Waals surface area contributed by atoms with Crippen molar-refractivity contribution in [3.05, 3.63) is 10.8 Å². The Labute approximate surface area is 122 Å². The van der Waals surface area contributed by atoms with Crippen LogP contribution >= 0.6 is 15.9 Å². The number of rotatable bonds is 5. The van der Waals surface area contributed by atoms with E-state index >= 15 is 0 Å². The second-order valence-corrected chi connectivity index (χ2v) is 6.16. The number of nitrogens with one attached hydrogen (secondary N) is 2. The summed E-state index contributed by atoms with van der Waals surface area (Å²) in [6, 6.07) is 0. The van der Waals surface area contributed by atoms with E-state index < -0.39 is 0 Å². The molecule has 1 aromatic rings. The topological polar surface area (TPSA) is 75.9 Å². The molecule has 0 unspecified atom stereocenters. The van der Waals surface area contributed by atoms with Crippen LogP contribution in [0.2, 0.25) is 0 Å². The van der Waals surface area contributed by atoms with E-state index in [2.05, 4.69) is 43.6 Å². The van der Waals surface area contributed by atoms with Crippen molar-refractivity contribution in [2.45, 2.75) is 39.0 Å². The first kappa shape index (κ1) is 14.5.